The molecule has 12 heavy (non-hydrogen) atoms. The van der Waals surface area contributed by atoms with Crippen LogP contribution in [0.5, 0.6) is 0 Å². The molecule has 1 fully saturated rings. The van der Waals surface area contributed by atoms with Gasteiger partial charge in [-0.3, -0.25) is 4.79 Å². The van der Waals surface area contributed by atoms with Crippen molar-refractivity contribution in [3.05, 3.63) is 0 Å². The molecule has 0 atom stereocenters. The van der Waals surface area contributed by atoms with Crippen LogP contribution in [-0.2, 0) is 4.79 Å². The van der Waals surface area contributed by atoms with Crippen LogP contribution in [0.1, 0.15) is 6.92 Å². The van der Waals surface area contributed by atoms with Crippen molar-refractivity contribution in [1.29, 1.82) is 0 Å². The summed E-state index contributed by atoms with van der Waals surface area (Å²) in [7, 11) is 6.05. The molecule has 4 nitrogen and oxygen atoms in total. The molecule has 0 bridgehead atoms. The first kappa shape index (κ1) is 9.54. The average molecular weight is 169 g/mol. The minimum absolute atomic E-state index is 0.112. The molecule has 0 spiro atoms. The van der Waals surface area contributed by atoms with Crippen LogP contribution < -0.4 is 0 Å². The molecular weight excluding hydrogens is 153 g/mol. The molecule has 0 radical (unpaired) electrons. The second-order valence-corrected chi connectivity index (χ2v) is 3.44. The summed E-state index contributed by atoms with van der Waals surface area (Å²) >= 11 is 0. The van der Waals surface area contributed by atoms with Gasteiger partial charge in [-0.05, 0) is 21.1 Å². The zero-order valence-corrected chi connectivity index (χ0v) is 8.24. The fraction of sp³-hybridized carbons (Fsp3) is 0.857. The highest BCUT2D eigenvalue weighted by Crippen LogP contribution is 2.08. The first-order valence-corrected chi connectivity index (χ1v) is 4.18. The maximum atomic E-state index is 11.1. The van der Waals surface area contributed by atoms with Crippen LogP contribution in [0.15, 0.2) is 0 Å². The van der Waals surface area contributed by atoms with E-state index in [1.54, 1.807) is 11.7 Å². The van der Waals surface area contributed by atoms with Crippen molar-refractivity contribution in [3.63, 3.8) is 0 Å². The third kappa shape index (κ3) is 1.62. The lowest BCUT2D eigenvalue weighted by Crippen LogP contribution is -2.54. The lowest BCUT2D eigenvalue weighted by molar-refractivity contribution is -0.124. The Balaban J connectivity index is 2.65. The van der Waals surface area contributed by atoms with Gasteiger partial charge >= 0.3 is 7.12 Å². The SMILES string of the molecule is CC(=O)N(C)B1N(C)CCN1C. The molecule has 0 unspecified atom stereocenters. The van der Waals surface area contributed by atoms with Crippen LogP contribution in [0, 0.1) is 0 Å². The van der Waals surface area contributed by atoms with Gasteiger partial charge in [-0.25, -0.2) is 0 Å². The number of amides is 1. The summed E-state index contributed by atoms with van der Waals surface area (Å²) in [5.41, 5.74) is 0. The zero-order chi connectivity index (χ0) is 9.30. The molecule has 0 aromatic carbocycles. The predicted octanol–water partition coefficient (Wildman–Crippen LogP) is -0.673. The number of carbonyl (C=O) groups excluding carboxylic acids is 1. The quantitative estimate of drug-likeness (QED) is 0.487. The standard InChI is InChI=1S/C7H16BN3O/c1-7(12)11(4)8-9(2)5-6-10(8)3/h5-6H2,1-4H3. The summed E-state index contributed by atoms with van der Waals surface area (Å²) < 4.78 is 0. The van der Waals surface area contributed by atoms with Crippen LogP contribution in [0.4, 0.5) is 0 Å². The van der Waals surface area contributed by atoms with Crippen molar-refractivity contribution < 1.29 is 4.79 Å². The first-order chi connectivity index (χ1) is 5.54. The van der Waals surface area contributed by atoms with Crippen molar-refractivity contribution in [3.8, 4) is 0 Å². The molecule has 0 aromatic heterocycles. The van der Waals surface area contributed by atoms with Gasteiger partial charge in [-0.1, -0.05) is 0 Å². The Morgan fingerprint density at radius 1 is 1.33 bits per heavy atom. The number of nitrogens with zero attached hydrogens (tertiary/aromatic N) is 3. The van der Waals surface area contributed by atoms with E-state index in [2.05, 4.69) is 9.62 Å². The third-order valence-electron chi connectivity index (χ3n) is 2.44. The van der Waals surface area contributed by atoms with E-state index in [9.17, 15) is 4.79 Å². The van der Waals surface area contributed by atoms with Gasteiger partial charge in [-0.2, -0.15) is 0 Å². The largest absolute Gasteiger partial charge is 0.438 e. The molecule has 1 amide bonds. The zero-order valence-electron chi connectivity index (χ0n) is 8.24. The van der Waals surface area contributed by atoms with Gasteiger partial charge in [0.2, 0.25) is 5.91 Å². The van der Waals surface area contributed by atoms with Gasteiger partial charge in [0.15, 0.2) is 0 Å². The van der Waals surface area contributed by atoms with Crippen molar-refractivity contribution in [2.45, 2.75) is 6.92 Å². The molecule has 0 saturated carbocycles. The molecule has 0 N–H and O–H groups in total. The number of rotatable bonds is 1. The van der Waals surface area contributed by atoms with E-state index in [1.165, 1.54) is 0 Å². The molecule has 5 heteroatoms. The predicted molar refractivity (Wildman–Crippen MR) is 49.5 cm³/mol. The molecule has 68 valence electrons. The Morgan fingerprint density at radius 2 is 1.75 bits per heavy atom. The van der Waals surface area contributed by atoms with Crippen molar-refractivity contribution >= 4 is 13.0 Å². The minimum atomic E-state index is 0.112. The van der Waals surface area contributed by atoms with E-state index in [1.807, 2.05) is 21.1 Å². The van der Waals surface area contributed by atoms with Crippen LogP contribution in [0.25, 0.3) is 0 Å². The van der Waals surface area contributed by atoms with Crippen molar-refractivity contribution in [1.82, 2.24) is 14.4 Å². The minimum Gasteiger partial charge on any atom is -0.361 e. The summed E-state index contributed by atoms with van der Waals surface area (Å²) in [6.45, 7) is 3.65. The maximum Gasteiger partial charge on any atom is 0.438 e. The van der Waals surface area contributed by atoms with Crippen molar-refractivity contribution in [2.75, 3.05) is 34.2 Å². The Labute approximate surface area is 74.3 Å². The van der Waals surface area contributed by atoms with E-state index in [4.69, 9.17) is 0 Å². The molecule has 1 heterocycles. The lowest BCUT2D eigenvalue weighted by atomic mass is 9.88. The highest BCUT2D eigenvalue weighted by atomic mass is 16.2. The molecular formula is C7H16BN3O. The fourth-order valence-corrected chi connectivity index (χ4v) is 1.64. The van der Waals surface area contributed by atoms with Crippen LogP contribution in [-0.4, -0.2) is 61.7 Å². The highest BCUT2D eigenvalue weighted by Gasteiger charge is 2.37. The van der Waals surface area contributed by atoms with Gasteiger partial charge < -0.3 is 14.4 Å². The molecule has 1 aliphatic heterocycles. The molecule has 1 aliphatic rings. The molecule has 0 aliphatic carbocycles. The van der Waals surface area contributed by atoms with Gasteiger partial charge in [0, 0.05) is 20.0 Å². The topological polar surface area (TPSA) is 26.8 Å². The van der Waals surface area contributed by atoms with Crippen LogP contribution in [0.3, 0.4) is 0 Å². The fourth-order valence-electron chi connectivity index (χ4n) is 1.64. The van der Waals surface area contributed by atoms with Gasteiger partial charge in [0.1, 0.15) is 0 Å². The van der Waals surface area contributed by atoms with Gasteiger partial charge in [0.05, 0.1) is 0 Å². The van der Waals surface area contributed by atoms with E-state index < -0.39 is 0 Å². The van der Waals surface area contributed by atoms with E-state index in [-0.39, 0.29) is 13.0 Å². The van der Waals surface area contributed by atoms with E-state index in [0.29, 0.717) is 0 Å². The number of hydrogen-bond donors (Lipinski definition) is 0. The number of likely N-dealkylation sites (N-methyl/N-ethyl adjacent to an activating group) is 2. The molecule has 1 rings (SSSR count). The van der Waals surface area contributed by atoms with Gasteiger partial charge in [0.25, 0.3) is 0 Å². The van der Waals surface area contributed by atoms with E-state index in [0.717, 1.165) is 13.1 Å². The van der Waals surface area contributed by atoms with Crippen molar-refractivity contribution in [2.24, 2.45) is 0 Å². The summed E-state index contributed by atoms with van der Waals surface area (Å²) in [6.07, 6.45) is 0. The Bertz CT molecular complexity index is 177. The second-order valence-electron chi connectivity index (χ2n) is 3.44. The monoisotopic (exact) mass is 169 g/mol. The third-order valence-corrected chi connectivity index (χ3v) is 2.44. The van der Waals surface area contributed by atoms with Gasteiger partial charge in [-0.15, -0.1) is 0 Å². The Kier molecular flexibility index (Phi) is 2.74. The highest BCUT2D eigenvalue weighted by molar-refractivity contribution is 6.53. The second kappa shape index (κ2) is 3.45. The summed E-state index contributed by atoms with van der Waals surface area (Å²) in [6, 6.07) is 0. The smallest absolute Gasteiger partial charge is 0.361 e. The first-order valence-electron chi connectivity index (χ1n) is 4.18. The average Bonchev–Trinajstić information content (AvgIpc) is 2.30. The normalized spacial score (nSPS) is 20.2. The Hall–Kier alpha value is -0.545. The number of hydrogen-bond acceptors (Lipinski definition) is 3. The lowest BCUT2D eigenvalue weighted by Gasteiger charge is -2.28. The summed E-state index contributed by atoms with van der Waals surface area (Å²) in [5, 5.41) is 0. The number of carbonyl (C=O) groups is 1. The maximum absolute atomic E-state index is 11.1. The summed E-state index contributed by atoms with van der Waals surface area (Å²) in [4.78, 5) is 17.2. The molecule has 1 saturated heterocycles. The van der Waals surface area contributed by atoms with Crippen LogP contribution in [0.2, 0.25) is 0 Å². The molecule has 0 aromatic rings. The van der Waals surface area contributed by atoms with Crippen LogP contribution >= 0.6 is 0 Å². The summed E-state index contributed by atoms with van der Waals surface area (Å²) in [5.74, 6) is 0.112. The Morgan fingerprint density at radius 3 is 2.08 bits per heavy atom. The van der Waals surface area contributed by atoms with E-state index >= 15 is 0 Å².